The Kier molecular flexibility index (Phi) is 4.09. The molecule has 1 saturated heterocycles. The lowest BCUT2D eigenvalue weighted by Gasteiger charge is -2.19. The topological polar surface area (TPSA) is 83.6 Å². The second-order valence-corrected chi connectivity index (χ2v) is 5.58. The Morgan fingerprint density at radius 3 is 2.79 bits per heavy atom. The van der Waals surface area contributed by atoms with Gasteiger partial charge in [-0.25, -0.2) is 0 Å². The molecule has 1 fully saturated rings. The van der Waals surface area contributed by atoms with Crippen LogP contribution < -0.4 is 10.6 Å². The van der Waals surface area contributed by atoms with E-state index >= 15 is 0 Å². The zero-order valence-corrected chi connectivity index (χ0v) is 11.9. The fourth-order valence-electron chi connectivity index (χ4n) is 2.38. The average molecular weight is 327 g/mol. The number of nitrogens with two attached hydrogens (primary N) is 1. The fraction of sp³-hybridized carbons (Fsp3) is 0.385. The zero-order valence-electron chi connectivity index (χ0n) is 10.3. The molecule has 0 radical (unpaired) electrons. The molecule has 102 valence electrons. The summed E-state index contributed by atoms with van der Waals surface area (Å²) in [6.07, 6.45) is 1.08. The molecule has 0 spiro atoms. The number of hydrogen-bond acceptors (Lipinski definition) is 3. The van der Waals surface area contributed by atoms with Crippen LogP contribution in [0.3, 0.4) is 0 Å². The minimum atomic E-state index is -0.753. The SMILES string of the molecule is NC(=O)c1ccc(N2CCC(CC(=O)O)C2)cc1Br. The molecular formula is C13H15BrN2O3. The molecular weight excluding hydrogens is 312 g/mol. The molecule has 1 amide bonds. The van der Waals surface area contributed by atoms with Gasteiger partial charge < -0.3 is 15.7 Å². The first-order valence-corrected chi connectivity index (χ1v) is 6.82. The molecule has 5 nitrogen and oxygen atoms in total. The number of carbonyl (C=O) groups excluding carboxylic acids is 1. The van der Waals surface area contributed by atoms with Crippen molar-refractivity contribution in [2.75, 3.05) is 18.0 Å². The third kappa shape index (κ3) is 3.26. The van der Waals surface area contributed by atoms with Crippen molar-refractivity contribution in [1.82, 2.24) is 0 Å². The summed E-state index contributed by atoms with van der Waals surface area (Å²) >= 11 is 3.33. The third-order valence-corrected chi connectivity index (χ3v) is 3.99. The molecule has 0 aromatic heterocycles. The predicted octanol–water partition coefficient (Wildman–Crippen LogP) is 1.85. The van der Waals surface area contributed by atoms with Crippen molar-refractivity contribution in [2.45, 2.75) is 12.8 Å². The first-order chi connectivity index (χ1) is 8.97. The summed E-state index contributed by atoms with van der Waals surface area (Å²) in [6.45, 7) is 1.56. The quantitative estimate of drug-likeness (QED) is 0.884. The van der Waals surface area contributed by atoms with Crippen molar-refractivity contribution in [3.8, 4) is 0 Å². The zero-order chi connectivity index (χ0) is 14.0. The van der Waals surface area contributed by atoms with Crippen LogP contribution in [0.5, 0.6) is 0 Å². The Labute approximate surface area is 119 Å². The summed E-state index contributed by atoms with van der Waals surface area (Å²) in [7, 11) is 0. The molecule has 0 bridgehead atoms. The number of anilines is 1. The highest BCUT2D eigenvalue weighted by Gasteiger charge is 2.25. The van der Waals surface area contributed by atoms with E-state index in [0.717, 1.165) is 25.2 Å². The van der Waals surface area contributed by atoms with Crippen LogP contribution in [0.25, 0.3) is 0 Å². The number of halogens is 1. The third-order valence-electron chi connectivity index (χ3n) is 3.33. The van der Waals surface area contributed by atoms with Gasteiger partial charge in [0.05, 0.1) is 5.56 Å². The lowest BCUT2D eigenvalue weighted by atomic mass is 10.1. The van der Waals surface area contributed by atoms with Gasteiger partial charge in [-0.15, -0.1) is 0 Å². The number of rotatable bonds is 4. The lowest BCUT2D eigenvalue weighted by Crippen LogP contribution is -2.21. The molecule has 0 aliphatic carbocycles. The number of aliphatic carboxylic acids is 1. The van der Waals surface area contributed by atoms with E-state index in [1.807, 2.05) is 12.1 Å². The van der Waals surface area contributed by atoms with Gasteiger partial charge in [-0.3, -0.25) is 9.59 Å². The van der Waals surface area contributed by atoms with Crippen LogP contribution >= 0.6 is 15.9 Å². The van der Waals surface area contributed by atoms with Crippen LogP contribution in [0.4, 0.5) is 5.69 Å². The monoisotopic (exact) mass is 326 g/mol. The fourth-order valence-corrected chi connectivity index (χ4v) is 2.94. The van der Waals surface area contributed by atoms with Gasteiger partial charge in [0.2, 0.25) is 5.91 Å². The van der Waals surface area contributed by atoms with E-state index < -0.39 is 11.9 Å². The van der Waals surface area contributed by atoms with Crippen LogP contribution in [0.2, 0.25) is 0 Å². The number of benzene rings is 1. The van der Waals surface area contributed by atoms with Crippen LogP contribution in [0.15, 0.2) is 22.7 Å². The maximum atomic E-state index is 11.1. The number of carbonyl (C=O) groups is 2. The van der Waals surface area contributed by atoms with Crippen molar-refractivity contribution in [2.24, 2.45) is 11.7 Å². The van der Waals surface area contributed by atoms with Gasteiger partial charge in [0.15, 0.2) is 0 Å². The molecule has 3 N–H and O–H groups in total. The Morgan fingerprint density at radius 1 is 1.47 bits per heavy atom. The largest absolute Gasteiger partial charge is 0.481 e. The van der Waals surface area contributed by atoms with Gasteiger partial charge in [0.25, 0.3) is 0 Å². The van der Waals surface area contributed by atoms with Crippen molar-refractivity contribution in [3.63, 3.8) is 0 Å². The number of amides is 1. The molecule has 1 aliphatic rings. The summed E-state index contributed by atoms with van der Waals surface area (Å²) in [5, 5.41) is 8.79. The Hall–Kier alpha value is -1.56. The maximum Gasteiger partial charge on any atom is 0.303 e. The van der Waals surface area contributed by atoms with Gasteiger partial charge in [0, 0.05) is 29.7 Å². The first kappa shape index (κ1) is 13.9. The van der Waals surface area contributed by atoms with Crippen LogP contribution in [-0.2, 0) is 4.79 Å². The normalized spacial score (nSPS) is 18.6. The summed E-state index contributed by atoms with van der Waals surface area (Å²) in [5.74, 6) is -1.03. The van der Waals surface area contributed by atoms with Gasteiger partial charge in [-0.2, -0.15) is 0 Å². The Bertz CT molecular complexity index is 519. The summed E-state index contributed by atoms with van der Waals surface area (Å²) in [5.41, 5.74) is 6.67. The number of carboxylic acid groups (broad SMARTS) is 1. The van der Waals surface area contributed by atoms with Gasteiger partial charge in [0.1, 0.15) is 0 Å². The lowest BCUT2D eigenvalue weighted by molar-refractivity contribution is -0.137. The molecule has 1 aromatic rings. The van der Waals surface area contributed by atoms with Crippen LogP contribution in [0, 0.1) is 5.92 Å². The molecule has 1 unspecified atom stereocenters. The van der Waals surface area contributed by atoms with E-state index in [2.05, 4.69) is 20.8 Å². The maximum absolute atomic E-state index is 11.1. The highest BCUT2D eigenvalue weighted by atomic mass is 79.9. The summed E-state index contributed by atoms with van der Waals surface area (Å²) < 4.78 is 0.666. The van der Waals surface area contributed by atoms with E-state index in [1.54, 1.807) is 6.07 Å². The number of nitrogens with zero attached hydrogens (tertiary/aromatic N) is 1. The van der Waals surface area contributed by atoms with Crippen molar-refractivity contribution in [1.29, 1.82) is 0 Å². The average Bonchev–Trinajstić information content (AvgIpc) is 2.75. The highest BCUT2D eigenvalue weighted by Crippen LogP contribution is 2.29. The first-order valence-electron chi connectivity index (χ1n) is 6.03. The molecule has 2 rings (SSSR count). The van der Waals surface area contributed by atoms with E-state index in [9.17, 15) is 9.59 Å². The summed E-state index contributed by atoms with van der Waals surface area (Å²) in [4.78, 5) is 24.0. The standard InChI is InChI=1S/C13H15BrN2O3/c14-11-6-9(1-2-10(11)13(15)19)16-4-3-8(7-16)5-12(17)18/h1-2,6,8H,3-5,7H2,(H2,15,19)(H,17,18). The van der Waals surface area contributed by atoms with Gasteiger partial charge in [-0.05, 0) is 46.5 Å². The van der Waals surface area contributed by atoms with Gasteiger partial charge >= 0.3 is 5.97 Å². The highest BCUT2D eigenvalue weighted by molar-refractivity contribution is 9.10. The van der Waals surface area contributed by atoms with Crippen molar-refractivity contribution in [3.05, 3.63) is 28.2 Å². The van der Waals surface area contributed by atoms with Crippen molar-refractivity contribution >= 4 is 33.5 Å². The minimum Gasteiger partial charge on any atom is -0.481 e. The van der Waals surface area contributed by atoms with E-state index in [4.69, 9.17) is 10.8 Å². The molecule has 1 heterocycles. The van der Waals surface area contributed by atoms with Crippen LogP contribution in [-0.4, -0.2) is 30.1 Å². The van der Waals surface area contributed by atoms with E-state index in [1.165, 1.54) is 0 Å². The van der Waals surface area contributed by atoms with E-state index in [-0.39, 0.29) is 12.3 Å². The van der Waals surface area contributed by atoms with Crippen LogP contribution in [0.1, 0.15) is 23.2 Å². The molecule has 6 heteroatoms. The Balaban J connectivity index is 2.09. The van der Waals surface area contributed by atoms with Crippen molar-refractivity contribution < 1.29 is 14.7 Å². The molecule has 1 aromatic carbocycles. The number of carboxylic acids is 1. The smallest absolute Gasteiger partial charge is 0.303 e. The molecule has 1 atom stereocenters. The predicted molar refractivity (Wildman–Crippen MR) is 75.2 cm³/mol. The van der Waals surface area contributed by atoms with E-state index in [0.29, 0.717) is 10.0 Å². The minimum absolute atomic E-state index is 0.187. The number of hydrogen-bond donors (Lipinski definition) is 2. The van der Waals surface area contributed by atoms with Gasteiger partial charge in [-0.1, -0.05) is 0 Å². The molecule has 0 saturated carbocycles. The molecule has 19 heavy (non-hydrogen) atoms. The second kappa shape index (κ2) is 5.61. The number of primary amides is 1. The molecule has 1 aliphatic heterocycles. The second-order valence-electron chi connectivity index (χ2n) is 4.73. The Morgan fingerprint density at radius 2 is 2.21 bits per heavy atom. The summed E-state index contributed by atoms with van der Waals surface area (Å²) in [6, 6.07) is 5.38.